The van der Waals surface area contributed by atoms with Crippen molar-refractivity contribution in [3.05, 3.63) is 108 Å². The highest BCUT2D eigenvalue weighted by Crippen LogP contribution is 2.33. The van der Waals surface area contributed by atoms with Gasteiger partial charge >= 0.3 is 0 Å². The predicted molar refractivity (Wildman–Crippen MR) is 140 cm³/mol. The van der Waals surface area contributed by atoms with Crippen molar-refractivity contribution in [2.24, 2.45) is 0 Å². The molecule has 0 aliphatic heterocycles. The Hall–Kier alpha value is -3.60. The molecule has 0 saturated heterocycles. The predicted octanol–water partition coefficient (Wildman–Crippen LogP) is 6.00. The number of benzene rings is 4. The lowest BCUT2D eigenvalue weighted by Gasteiger charge is -2.23. The number of nitrogens with zero attached hydrogens (tertiary/aromatic N) is 2. The Kier molecular flexibility index (Phi) is 7.63. The number of hydrogen-bond acceptors (Lipinski definition) is 4. The fourth-order valence-electron chi connectivity index (χ4n) is 4.22. The molecule has 34 heavy (non-hydrogen) atoms. The summed E-state index contributed by atoms with van der Waals surface area (Å²) in [5.41, 5.74) is 5.58. The molecule has 4 aromatic carbocycles. The Labute approximate surface area is 202 Å². The van der Waals surface area contributed by atoms with Crippen molar-refractivity contribution in [2.45, 2.75) is 13.1 Å². The summed E-state index contributed by atoms with van der Waals surface area (Å²) in [5, 5.41) is 21.7. The summed E-state index contributed by atoms with van der Waals surface area (Å²) in [6.07, 6.45) is 0. The number of rotatable bonds is 9. The van der Waals surface area contributed by atoms with E-state index in [-0.39, 0.29) is 0 Å². The molecule has 0 atom stereocenters. The number of para-hydroxylation sites is 2. The normalized spacial score (nSPS) is 11.3. The minimum Gasteiger partial charge on any atom is -0.507 e. The van der Waals surface area contributed by atoms with Crippen LogP contribution in [-0.4, -0.2) is 47.2 Å². The topological polar surface area (TPSA) is 46.9 Å². The third-order valence-corrected chi connectivity index (χ3v) is 6.15. The minimum atomic E-state index is 0.344. The number of phenols is 2. The molecule has 2 N–H and O–H groups in total. The van der Waals surface area contributed by atoms with Crippen molar-refractivity contribution < 1.29 is 10.2 Å². The average molecular weight is 453 g/mol. The summed E-state index contributed by atoms with van der Waals surface area (Å²) in [7, 11) is 4.13. The Bertz CT molecular complexity index is 1110. The Morgan fingerprint density at radius 1 is 0.500 bits per heavy atom. The lowest BCUT2D eigenvalue weighted by molar-refractivity contribution is 0.244. The molecular weight excluding hydrogens is 420 g/mol. The van der Waals surface area contributed by atoms with E-state index in [1.807, 2.05) is 97.1 Å². The van der Waals surface area contributed by atoms with Gasteiger partial charge in [-0.05, 0) is 25.2 Å². The molecule has 0 saturated carbocycles. The van der Waals surface area contributed by atoms with Gasteiger partial charge in [0.25, 0.3) is 0 Å². The molecule has 0 amide bonds. The number of aromatic hydroxyl groups is 2. The van der Waals surface area contributed by atoms with Crippen molar-refractivity contribution in [2.75, 3.05) is 27.2 Å². The van der Waals surface area contributed by atoms with E-state index < -0.39 is 0 Å². The van der Waals surface area contributed by atoms with Crippen LogP contribution in [0.1, 0.15) is 11.1 Å². The fraction of sp³-hybridized carbons (Fsp3) is 0.200. The molecule has 0 radical (unpaired) electrons. The molecule has 4 aromatic rings. The van der Waals surface area contributed by atoms with E-state index in [1.54, 1.807) is 0 Å². The highest BCUT2D eigenvalue weighted by atomic mass is 16.3. The van der Waals surface area contributed by atoms with E-state index in [9.17, 15) is 10.2 Å². The third-order valence-electron chi connectivity index (χ3n) is 6.15. The van der Waals surface area contributed by atoms with E-state index in [2.05, 4.69) is 23.9 Å². The van der Waals surface area contributed by atoms with Crippen molar-refractivity contribution >= 4 is 0 Å². The van der Waals surface area contributed by atoms with Crippen LogP contribution in [0.5, 0.6) is 11.5 Å². The molecule has 4 nitrogen and oxygen atoms in total. The summed E-state index contributed by atoms with van der Waals surface area (Å²) in [6, 6.07) is 31.8. The first-order valence-corrected chi connectivity index (χ1v) is 11.6. The number of phenolic OH excluding ortho intramolecular Hbond substituents is 2. The maximum Gasteiger partial charge on any atom is 0.127 e. The summed E-state index contributed by atoms with van der Waals surface area (Å²) in [4.78, 5) is 4.42. The lowest BCUT2D eigenvalue weighted by atomic mass is 10.0. The number of likely N-dealkylation sites (N-methyl/N-ethyl adjacent to an activating group) is 2. The van der Waals surface area contributed by atoms with Crippen LogP contribution in [0, 0.1) is 0 Å². The highest BCUT2D eigenvalue weighted by molar-refractivity contribution is 5.72. The second-order valence-electron chi connectivity index (χ2n) is 8.83. The Balaban J connectivity index is 1.36. The van der Waals surface area contributed by atoms with E-state index in [1.165, 1.54) is 0 Å². The molecule has 0 spiro atoms. The maximum absolute atomic E-state index is 10.8. The quantitative estimate of drug-likeness (QED) is 0.327. The van der Waals surface area contributed by atoms with Gasteiger partial charge in [-0.15, -0.1) is 0 Å². The molecule has 0 heterocycles. The van der Waals surface area contributed by atoms with E-state index >= 15 is 0 Å². The second kappa shape index (κ2) is 11.0. The van der Waals surface area contributed by atoms with Gasteiger partial charge in [-0.2, -0.15) is 0 Å². The van der Waals surface area contributed by atoms with Crippen LogP contribution in [0.3, 0.4) is 0 Å². The zero-order chi connectivity index (χ0) is 23.9. The van der Waals surface area contributed by atoms with Gasteiger partial charge in [0.2, 0.25) is 0 Å². The SMILES string of the molecule is CN(CCN(C)Cc1cccc(-c2ccccc2)c1O)Cc1cccc(-c2ccccc2)c1O. The molecule has 0 aliphatic carbocycles. The van der Waals surface area contributed by atoms with Gasteiger partial charge in [-0.3, -0.25) is 0 Å². The van der Waals surface area contributed by atoms with Gasteiger partial charge in [0, 0.05) is 48.4 Å². The van der Waals surface area contributed by atoms with Crippen molar-refractivity contribution in [1.29, 1.82) is 0 Å². The molecule has 4 rings (SSSR count). The monoisotopic (exact) mass is 452 g/mol. The van der Waals surface area contributed by atoms with Gasteiger partial charge in [0.05, 0.1) is 0 Å². The van der Waals surface area contributed by atoms with Crippen molar-refractivity contribution in [3.8, 4) is 33.8 Å². The average Bonchev–Trinajstić information content (AvgIpc) is 2.86. The molecular formula is C30H32N2O2. The van der Waals surface area contributed by atoms with Crippen LogP contribution in [-0.2, 0) is 13.1 Å². The molecule has 0 aliphatic rings. The number of hydrogen-bond donors (Lipinski definition) is 2. The summed E-state index contributed by atoms with van der Waals surface area (Å²) in [6.45, 7) is 3.00. The van der Waals surface area contributed by atoms with E-state index in [0.29, 0.717) is 24.6 Å². The second-order valence-corrected chi connectivity index (χ2v) is 8.83. The van der Waals surface area contributed by atoms with Gasteiger partial charge < -0.3 is 20.0 Å². The zero-order valence-electron chi connectivity index (χ0n) is 19.9. The van der Waals surface area contributed by atoms with Crippen molar-refractivity contribution in [3.63, 3.8) is 0 Å². The van der Waals surface area contributed by atoms with Crippen molar-refractivity contribution in [1.82, 2.24) is 9.80 Å². The highest BCUT2D eigenvalue weighted by Gasteiger charge is 2.13. The first-order chi connectivity index (χ1) is 16.5. The molecule has 0 unspecified atom stereocenters. The van der Waals surface area contributed by atoms with Gasteiger partial charge in [0.1, 0.15) is 11.5 Å². The third kappa shape index (κ3) is 5.66. The molecule has 4 heteroatoms. The first-order valence-electron chi connectivity index (χ1n) is 11.6. The van der Waals surface area contributed by atoms with Gasteiger partial charge in [0.15, 0.2) is 0 Å². The lowest BCUT2D eigenvalue weighted by Crippen LogP contribution is -2.30. The summed E-state index contributed by atoms with van der Waals surface area (Å²) >= 11 is 0. The van der Waals surface area contributed by atoms with Gasteiger partial charge in [-0.1, -0.05) is 97.1 Å². The zero-order valence-corrected chi connectivity index (χ0v) is 19.9. The van der Waals surface area contributed by atoms with Crippen LogP contribution in [0.2, 0.25) is 0 Å². The largest absolute Gasteiger partial charge is 0.507 e. The van der Waals surface area contributed by atoms with Crippen LogP contribution < -0.4 is 0 Å². The van der Waals surface area contributed by atoms with E-state index in [0.717, 1.165) is 46.5 Å². The molecule has 174 valence electrons. The Morgan fingerprint density at radius 2 is 0.882 bits per heavy atom. The summed E-state index contributed by atoms with van der Waals surface area (Å²) < 4.78 is 0. The van der Waals surface area contributed by atoms with E-state index in [4.69, 9.17) is 0 Å². The first kappa shape index (κ1) is 23.6. The van der Waals surface area contributed by atoms with Gasteiger partial charge in [-0.25, -0.2) is 0 Å². The molecule has 0 aromatic heterocycles. The smallest absolute Gasteiger partial charge is 0.127 e. The molecule has 0 fully saturated rings. The maximum atomic E-state index is 10.8. The standard InChI is InChI=1S/C30H32N2O2/c1-31(21-25-15-9-17-27(29(25)33)23-11-5-3-6-12-23)19-20-32(2)22-26-16-10-18-28(30(26)34)24-13-7-4-8-14-24/h3-18,33-34H,19-22H2,1-2H3. The van der Waals surface area contributed by atoms with Crippen LogP contribution in [0.25, 0.3) is 22.3 Å². The van der Waals surface area contributed by atoms with Crippen LogP contribution in [0.15, 0.2) is 97.1 Å². The molecule has 0 bridgehead atoms. The Morgan fingerprint density at radius 3 is 1.26 bits per heavy atom. The van der Waals surface area contributed by atoms with Crippen LogP contribution in [0.4, 0.5) is 0 Å². The fourth-order valence-corrected chi connectivity index (χ4v) is 4.22. The van der Waals surface area contributed by atoms with Crippen LogP contribution >= 0.6 is 0 Å². The summed E-state index contributed by atoms with van der Waals surface area (Å²) in [5.74, 6) is 0.688. The minimum absolute atomic E-state index is 0.344.